The van der Waals surface area contributed by atoms with E-state index in [4.69, 9.17) is 0 Å². The number of piperazine rings is 1. The maximum Gasteiger partial charge on any atom is 0.0564 e. The second-order valence-electron chi connectivity index (χ2n) is 6.32. The molecule has 0 atom stereocenters. The van der Waals surface area contributed by atoms with Gasteiger partial charge >= 0.3 is 0 Å². The molecule has 0 aromatic carbocycles. The zero-order valence-corrected chi connectivity index (χ0v) is 13.2. The molecule has 1 N–H and O–H groups in total. The van der Waals surface area contributed by atoms with Crippen LogP contribution in [0.4, 0.5) is 5.69 Å². The minimum Gasteiger partial charge on any atom is -0.385 e. The fourth-order valence-corrected chi connectivity index (χ4v) is 3.66. The van der Waals surface area contributed by atoms with Crippen molar-refractivity contribution in [2.75, 3.05) is 38.0 Å². The van der Waals surface area contributed by atoms with E-state index in [0.29, 0.717) is 0 Å². The summed E-state index contributed by atoms with van der Waals surface area (Å²) in [5.41, 5.74) is 2.37. The topological polar surface area (TPSA) is 31.4 Å². The average Bonchev–Trinajstić information content (AvgIpc) is 3.03. The Morgan fingerprint density at radius 2 is 1.95 bits per heavy atom. The Morgan fingerprint density at radius 1 is 1.19 bits per heavy atom. The van der Waals surface area contributed by atoms with Crippen LogP contribution in [0.15, 0.2) is 18.3 Å². The van der Waals surface area contributed by atoms with E-state index in [0.717, 1.165) is 19.1 Å². The molecule has 3 rings (SSSR count). The summed E-state index contributed by atoms with van der Waals surface area (Å²) in [5.74, 6) is 0. The fourth-order valence-electron chi connectivity index (χ4n) is 3.66. The predicted octanol–water partition coefficient (Wildman–Crippen LogP) is 2.57. The van der Waals surface area contributed by atoms with E-state index in [9.17, 15) is 0 Å². The third-order valence-corrected chi connectivity index (χ3v) is 4.83. The minimum absolute atomic E-state index is 0.877. The quantitative estimate of drug-likeness (QED) is 0.902. The van der Waals surface area contributed by atoms with Crippen LogP contribution in [-0.4, -0.2) is 53.5 Å². The van der Waals surface area contributed by atoms with Gasteiger partial charge in [0.05, 0.1) is 5.69 Å². The van der Waals surface area contributed by atoms with Crippen LogP contribution in [0.3, 0.4) is 0 Å². The first kappa shape index (κ1) is 14.8. The van der Waals surface area contributed by atoms with E-state index < -0.39 is 0 Å². The molecule has 0 radical (unpaired) electrons. The van der Waals surface area contributed by atoms with E-state index in [2.05, 4.69) is 33.1 Å². The number of hydrogen-bond donors (Lipinski definition) is 1. The van der Waals surface area contributed by atoms with Crippen molar-refractivity contribution in [3.63, 3.8) is 0 Å². The normalized spacial score (nSPS) is 21.8. The number of nitrogens with one attached hydrogen (secondary N) is 1. The molecule has 2 heterocycles. The Hall–Kier alpha value is -1.13. The Bertz CT molecular complexity index is 434. The highest BCUT2D eigenvalue weighted by atomic mass is 15.3. The van der Waals surface area contributed by atoms with Crippen molar-refractivity contribution >= 4 is 5.69 Å². The van der Waals surface area contributed by atoms with Gasteiger partial charge in [-0.25, -0.2) is 0 Å². The van der Waals surface area contributed by atoms with E-state index >= 15 is 0 Å². The molecule has 2 aliphatic rings. The zero-order chi connectivity index (χ0) is 14.5. The molecule has 21 heavy (non-hydrogen) atoms. The summed E-state index contributed by atoms with van der Waals surface area (Å²) in [5, 5.41) is 3.36. The molecule has 1 aliphatic carbocycles. The van der Waals surface area contributed by atoms with Crippen molar-refractivity contribution in [2.45, 2.75) is 45.2 Å². The van der Waals surface area contributed by atoms with E-state index in [1.807, 2.05) is 12.3 Å². The van der Waals surface area contributed by atoms with Gasteiger partial charge in [-0.3, -0.25) is 14.8 Å². The monoisotopic (exact) mass is 288 g/mol. The second kappa shape index (κ2) is 7.23. The standard InChI is InChI=1S/C17H28N4/c1-2-18-15-7-8-19-16(13-15)14-20-9-11-21(12-10-20)17-5-3-4-6-17/h7-8,13,17H,2-6,9-12,14H2,1H3,(H,18,19). The number of hydrogen-bond acceptors (Lipinski definition) is 4. The van der Waals surface area contributed by atoms with Gasteiger partial charge < -0.3 is 5.32 Å². The molecule has 0 amide bonds. The van der Waals surface area contributed by atoms with Gasteiger partial charge in [0, 0.05) is 57.2 Å². The SMILES string of the molecule is CCNc1ccnc(CN2CCN(C3CCCC3)CC2)c1. The molecule has 4 nitrogen and oxygen atoms in total. The molecule has 2 fully saturated rings. The molecule has 1 saturated heterocycles. The molecule has 0 spiro atoms. The molecule has 0 bridgehead atoms. The van der Waals surface area contributed by atoms with E-state index in [-0.39, 0.29) is 0 Å². The lowest BCUT2D eigenvalue weighted by Gasteiger charge is -2.37. The van der Waals surface area contributed by atoms with Gasteiger partial charge in [-0.15, -0.1) is 0 Å². The summed E-state index contributed by atoms with van der Waals surface area (Å²) in [6, 6.07) is 5.11. The van der Waals surface area contributed by atoms with E-state index in [1.54, 1.807) is 0 Å². The largest absolute Gasteiger partial charge is 0.385 e. The lowest BCUT2D eigenvalue weighted by Crippen LogP contribution is -2.49. The first-order valence-electron chi connectivity index (χ1n) is 8.50. The number of pyridine rings is 1. The molecular formula is C17H28N4. The Balaban J connectivity index is 1.49. The van der Waals surface area contributed by atoms with Gasteiger partial charge in [0.25, 0.3) is 0 Å². The Labute approximate surface area is 128 Å². The van der Waals surface area contributed by atoms with Crippen molar-refractivity contribution in [1.29, 1.82) is 0 Å². The zero-order valence-electron chi connectivity index (χ0n) is 13.2. The molecule has 1 aromatic heterocycles. The summed E-state index contributed by atoms with van der Waals surface area (Å²) in [7, 11) is 0. The number of anilines is 1. The van der Waals surface area contributed by atoms with Gasteiger partial charge in [0.2, 0.25) is 0 Å². The maximum absolute atomic E-state index is 4.52. The van der Waals surface area contributed by atoms with Crippen LogP contribution >= 0.6 is 0 Å². The van der Waals surface area contributed by atoms with Crippen LogP contribution < -0.4 is 5.32 Å². The van der Waals surface area contributed by atoms with Gasteiger partial charge in [0.1, 0.15) is 0 Å². The summed E-state index contributed by atoms with van der Waals surface area (Å²) in [6.07, 6.45) is 7.64. The number of rotatable bonds is 5. The Kier molecular flexibility index (Phi) is 5.09. The van der Waals surface area contributed by atoms with Crippen molar-refractivity contribution in [1.82, 2.24) is 14.8 Å². The average molecular weight is 288 g/mol. The van der Waals surface area contributed by atoms with Crippen molar-refractivity contribution < 1.29 is 0 Å². The summed E-state index contributed by atoms with van der Waals surface area (Å²) in [4.78, 5) is 9.78. The lowest BCUT2D eigenvalue weighted by molar-refractivity contribution is 0.0930. The molecule has 1 aromatic rings. The highest BCUT2D eigenvalue weighted by molar-refractivity contribution is 5.42. The first-order valence-corrected chi connectivity index (χ1v) is 8.50. The summed E-state index contributed by atoms with van der Waals surface area (Å²) < 4.78 is 0. The van der Waals surface area contributed by atoms with Crippen LogP contribution in [0.1, 0.15) is 38.3 Å². The van der Waals surface area contributed by atoms with Crippen LogP contribution in [0.5, 0.6) is 0 Å². The first-order chi connectivity index (χ1) is 10.3. The Morgan fingerprint density at radius 3 is 2.67 bits per heavy atom. The van der Waals surface area contributed by atoms with Gasteiger partial charge in [-0.2, -0.15) is 0 Å². The van der Waals surface area contributed by atoms with Crippen molar-refractivity contribution in [2.24, 2.45) is 0 Å². The van der Waals surface area contributed by atoms with Crippen LogP contribution in [0.25, 0.3) is 0 Å². The smallest absolute Gasteiger partial charge is 0.0564 e. The highest BCUT2D eigenvalue weighted by Gasteiger charge is 2.26. The predicted molar refractivity (Wildman–Crippen MR) is 87.5 cm³/mol. The van der Waals surface area contributed by atoms with Gasteiger partial charge in [0.15, 0.2) is 0 Å². The van der Waals surface area contributed by atoms with E-state index in [1.165, 1.54) is 63.2 Å². The van der Waals surface area contributed by atoms with Crippen LogP contribution in [0, 0.1) is 0 Å². The molecule has 116 valence electrons. The maximum atomic E-state index is 4.52. The third-order valence-electron chi connectivity index (χ3n) is 4.83. The minimum atomic E-state index is 0.877. The van der Waals surface area contributed by atoms with Crippen LogP contribution in [0.2, 0.25) is 0 Å². The molecule has 0 unspecified atom stereocenters. The van der Waals surface area contributed by atoms with Gasteiger partial charge in [-0.05, 0) is 31.9 Å². The molecule has 1 aliphatic heterocycles. The number of nitrogens with zero attached hydrogens (tertiary/aromatic N) is 3. The summed E-state index contributed by atoms with van der Waals surface area (Å²) in [6.45, 7) is 8.91. The summed E-state index contributed by atoms with van der Waals surface area (Å²) >= 11 is 0. The highest BCUT2D eigenvalue weighted by Crippen LogP contribution is 2.24. The molecule has 1 saturated carbocycles. The van der Waals surface area contributed by atoms with Crippen molar-refractivity contribution in [3.05, 3.63) is 24.0 Å². The lowest BCUT2D eigenvalue weighted by atomic mass is 10.1. The molecule has 4 heteroatoms. The van der Waals surface area contributed by atoms with Crippen molar-refractivity contribution in [3.8, 4) is 0 Å². The third kappa shape index (κ3) is 3.95. The molecular weight excluding hydrogens is 260 g/mol. The van der Waals surface area contributed by atoms with Gasteiger partial charge in [-0.1, -0.05) is 12.8 Å². The fraction of sp³-hybridized carbons (Fsp3) is 0.706. The second-order valence-corrected chi connectivity index (χ2v) is 6.32. The van der Waals surface area contributed by atoms with Crippen LogP contribution in [-0.2, 0) is 6.54 Å². The number of aromatic nitrogens is 1.